The van der Waals surface area contributed by atoms with Crippen LogP contribution in [0.1, 0.15) is 5.56 Å². The van der Waals surface area contributed by atoms with Crippen molar-refractivity contribution in [2.45, 2.75) is 6.92 Å². The van der Waals surface area contributed by atoms with E-state index in [0.717, 1.165) is 76.7 Å². The summed E-state index contributed by atoms with van der Waals surface area (Å²) in [4.78, 5) is 21.1. The van der Waals surface area contributed by atoms with Gasteiger partial charge in [0.25, 0.3) is 5.56 Å². The monoisotopic (exact) mass is 377 g/mol. The Morgan fingerprint density at radius 2 is 2.00 bits per heavy atom. The second kappa shape index (κ2) is 6.96. The molecule has 1 aliphatic rings. The number of pyridine rings is 1. The van der Waals surface area contributed by atoms with Gasteiger partial charge in [-0.2, -0.15) is 0 Å². The van der Waals surface area contributed by atoms with Crippen LogP contribution >= 0.6 is 0 Å². The third-order valence-electron chi connectivity index (χ3n) is 5.57. The highest BCUT2D eigenvalue weighted by atomic mass is 16.5. The summed E-state index contributed by atoms with van der Waals surface area (Å²) in [5.74, 6) is 0.852. The summed E-state index contributed by atoms with van der Waals surface area (Å²) in [7, 11) is 0. The number of hydrogen-bond donors (Lipinski definition) is 2. The fourth-order valence-electron chi connectivity index (χ4n) is 4.05. The zero-order valence-corrected chi connectivity index (χ0v) is 15.9. The van der Waals surface area contributed by atoms with Gasteiger partial charge in [-0.25, -0.2) is 0 Å². The molecule has 1 saturated heterocycles. The Labute approximate surface area is 162 Å². The van der Waals surface area contributed by atoms with Gasteiger partial charge < -0.3 is 19.4 Å². The van der Waals surface area contributed by atoms with Crippen LogP contribution in [-0.2, 0) is 4.74 Å². The Balaban J connectivity index is 1.48. The minimum Gasteiger partial charge on any atom is -0.492 e. The first-order valence-corrected chi connectivity index (χ1v) is 9.70. The maximum atomic E-state index is 12.5. The van der Waals surface area contributed by atoms with Crippen molar-refractivity contribution < 1.29 is 9.47 Å². The highest BCUT2D eigenvalue weighted by Gasteiger charge is 2.14. The number of nitrogens with zero attached hydrogens (tertiary/aromatic N) is 1. The number of rotatable bonds is 4. The van der Waals surface area contributed by atoms with E-state index in [0.29, 0.717) is 6.61 Å². The van der Waals surface area contributed by atoms with E-state index in [2.05, 4.69) is 33.1 Å². The van der Waals surface area contributed by atoms with E-state index in [1.165, 1.54) is 0 Å². The van der Waals surface area contributed by atoms with Crippen LogP contribution in [0.25, 0.3) is 32.6 Å². The number of hydrogen-bond acceptors (Lipinski definition) is 4. The first-order valence-electron chi connectivity index (χ1n) is 9.70. The van der Waals surface area contributed by atoms with Gasteiger partial charge in [-0.3, -0.25) is 9.69 Å². The molecule has 0 radical (unpaired) electrons. The Bertz CT molecular complexity index is 1220. The number of aromatic amines is 2. The second-order valence-corrected chi connectivity index (χ2v) is 7.35. The van der Waals surface area contributed by atoms with E-state index in [4.69, 9.17) is 9.47 Å². The molecule has 2 N–H and O–H groups in total. The van der Waals surface area contributed by atoms with Crippen molar-refractivity contribution in [3.63, 3.8) is 0 Å². The molecule has 0 aliphatic carbocycles. The molecule has 0 atom stereocenters. The summed E-state index contributed by atoms with van der Waals surface area (Å²) < 4.78 is 11.4. The van der Waals surface area contributed by atoms with Crippen LogP contribution < -0.4 is 10.3 Å². The van der Waals surface area contributed by atoms with E-state index in [1.54, 1.807) is 6.20 Å². The fraction of sp³-hybridized carbons (Fsp3) is 0.318. The molecule has 0 amide bonds. The van der Waals surface area contributed by atoms with Crippen LogP contribution in [0.2, 0.25) is 0 Å². The van der Waals surface area contributed by atoms with Gasteiger partial charge in [-0.1, -0.05) is 6.07 Å². The summed E-state index contributed by atoms with van der Waals surface area (Å²) in [6.07, 6.45) is 1.75. The molecular formula is C22H23N3O3. The lowest BCUT2D eigenvalue weighted by molar-refractivity contribution is 0.0322. The number of aromatic nitrogens is 2. The van der Waals surface area contributed by atoms with E-state index in [9.17, 15) is 4.79 Å². The lowest BCUT2D eigenvalue weighted by Crippen LogP contribution is -2.38. The standard InChI is InChI=1S/C22H23N3O3/c1-14-13-23-22(26)20-19-17-4-3-16(28-11-8-25-6-9-27-10-7-25)12-15(17)2-5-18(19)24-21(14)20/h2-5,12-13,24H,6-11H2,1H3,(H,23,26). The molecule has 6 heteroatoms. The molecule has 1 aliphatic heterocycles. The maximum Gasteiger partial charge on any atom is 0.258 e. The van der Waals surface area contributed by atoms with Crippen LogP contribution in [0.15, 0.2) is 41.3 Å². The van der Waals surface area contributed by atoms with Gasteiger partial charge in [0, 0.05) is 36.7 Å². The average molecular weight is 377 g/mol. The van der Waals surface area contributed by atoms with Gasteiger partial charge in [0.15, 0.2) is 0 Å². The van der Waals surface area contributed by atoms with Crippen molar-refractivity contribution >= 4 is 32.6 Å². The molecule has 3 heterocycles. The van der Waals surface area contributed by atoms with E-state index < -0.39 is 0 Å². The van der Waals surface area contributed by atoms with Crippen molar-refractivity contribution in [3.8, 4) is 5.75 Å². The summed E-state index contributed by atoms with van der Waals surface area (Å²) in [5.41, 5.74) is 2.84. The second-order valence-electron chi connectivity index (χ2n) is 7.35. The number of H-pyrrole nitrogens is 2. The number of morpholine rings is 1. The molecule has 0 unspecified atom stereocenters. The Morgan fingerprint density at radius 3 is 2.86 bits per heavy atom. The van der Waals surface area contributed by atoms with Gasteiger partial charge in [0.1, 0.15) is 12.4 Å². The van der Waals surface area contributed by atoms with Gasteiger partial charge in [-0.05, 0) is 47.5 Å². The summed E-state index contributed by atoms with van der Waals surface area (Å²) in [6, 6.07) is 10.2. The zero-order chi connectivity index (χ0) is 19.1. The molecule has 6 nitrogen and oxygen atoms in total. The van der Waals surface area contributed by atoms with Crippen molar-refractivity contribution in [3.05, 3.63) is 52.4 Å². The largest absolute Gasteiger partial charge is 0.492 e. The molecule has 0 spiro atoms. The van der Waals surface area contributed by atoms with Crippen LogP contribution in [0.3, 0.4) is 0 Å². The number of nitrogens with one attached hydrogen (secondary N) is 2. The molecule has 28 heavy (non-hydrogen) atoms. The molecule has 2 aromatic heterocycles. The van der Waals surface area contributed by atoms with Gasteiger partial charge >= 0.3 is 0 Å². The van der Waals surface area contributed by atoms with Gasteiger partial charge in [0.05, 0.1) is 24.1 Å². The third kappa shape index (κ3) is 2.95. The zero-order valence-electron chi connectivity index (χ0n) is 15.9. The van der Waals surface area contributed by atoms with Crippen LogP contribution in [-0.4, -0.2) is 54.3 Å². The predicted molar refractivity (Wildman–Crippen MR) is 111 cm³/mol. The van der Waals surface area contributed by atoms with E-state index in [-0.39, 0.29) is 5.56 Å². The van der Waals surface area contributed by atoms with Crippen molar-refractivity contribution in [1.29, 1.82) is 0 Å². The van der Waals surface area contributed by atoms with Crippen LogP contribution in [0, 0.1) is 6.92 Å². The van der Waals surface area contributed by atoms with E-state index in [1.807, 2.05) is 19.1 Å². The quantitative estimate of drug-likeness (QED) is 0.573. The summed E-state index contributed by atoms with van der Waals surface area (Å²) >= 11 is 0. The first kappa shape index (κ1) is 17.3. The molecule has 0 bridgehead atoms. The highest BCUT2D eigenvalue weighted by Crippen LogP contribution is 2.33. The lowest BCUT2D eigenvalue weighted by atomic mass is 10.0. The minimum atomic E-state index is -0.0646. The molecule has 5 rings (SSSR count). The summed E-state index contributed by atoms with van der Waals surface area (Å²) in [5, 5.41) is 3.82. The topological polar surface area (TPSA) is 70.3 Å². The SMILES string of the molecule is Cc1c[nH]c(=O)c2c1[nH]c1ccc3cc(OCCN4CCOCC4)ccc3c12. The maximum absolute atomic E-state index is 12.5. The predicted octanol–water partition coefficient (Wildman–Crippen LogP) is 3.18. The Hall–Kier alpha value is -2.83. The summed E-state index contributed by atoms with van der Waals surface area (Å²) in [6.45, 7) is 7.08. The van der Waals surface area contributed by atoms with Crippen molar-refractivity contribution in [1.82, 2.24) is 14.9 Å². The Kier molecular flexibility index (Phi) is 4.30. The lowest BCUT2D eigenvalue weighted by Gasteiger charge is -2.26. The number of aryl methyl sites for hydroxylation is 1. The van der Waals surface area contributed by atoms with E-state index >= 15 is 0 Å². The van der Waals surface area contributed by atoms with Gasteiger partial charge in [0.2, 0.25) is 0 Å². The molecule has 1 fully saturated rings. The number of ether oxygens (including phenoxy) is 2. The molecule has 2 aromatic carbocycles. The van der Waals surface area contributed by atoms with Crippen molar-refractivity contribution in [2.24, 2.45) is 0 Å². The normalized spacial score (nSPS) is 15.6. The molecule has 4 aromatic rings. The smallest absolute Gasteiger partial charge is 0.258 e. The minimum absolute atomic E-state index is 0.0646. The molecule has 0 saturated carbocycles. The van der Waals surface area contributed by atoms with Crippen LogP contribution in [0.5, 0.6) is 5.75 Å². The first-order chi connectivity index (χ1) is 13.7. The van der Waals surface area contributed by atoms with Crippen LogP contribution in [0.4, 0.5) is 0 Å². The average Bonchev–Trinajstić information content (AvgIpc) is 3.13. The van der Waals surface area contributed by atoms with Crippen molar-refractivity contribution in [2.75, 3.05) is 39.5 Å². The highest BCUT2D eigenvalue weighted by molar-refractivity contribution is 6.20. The number of fused-ring (bicyclic) bond motifs is 5. The van der Waals surface area contributed by atoms with Gasteiger partial charge in [-0.15, -0.1) is 0 Å². The fourth-order valence-corrected chi connectivity index (χ4v) is 4.05. The number of benzene rings is 2. The third-order valence-corrected chi connectivity index (χ3v) is 5.57. The Morgan fingerprint density at radius 1 is 1.14 bits per heavy atom. The molecular weight excluding hydrogens is 354 g/mol. The molecule has 144 valence electrons.